The van der Waals surface area contributed by atoms with Crippen molar-refractivity contribution >= 4 is 22.6 Å². The molecule has 5 heteroatoms. The lowest BCUT2D eigenvalue weighted by Gasteiger charge is -2.17. The van der Waals surface area contributed by atoms with E-state index in [9.17, 15) is 0 Å². The number of hydrogen-bond donors (Lipinski definition) is 1. The number of halogens is 1. The summed E-state index contributed by atoms with van der Waals surface area (Å²) in [5.74, 6) is 1.02. The van der Waals surface area contributed by atoms with E-state index in [1.165, 1.54) is 9.13 Å². The third-order valence-electron chi connectivity index (χ3n) is 3.01. The zero-order chi connectivity index (χ0) is 13.0. The molecule has 18 heavy (non-hydrogen) atoms. The highest BCUT2D eigenvalue weighted by Gasteiger charge is 2.15. The minimum atomic E-state index is 0.271. The predicted molar refractivity (Wildman–Crippen MR) is 80.4 cm³/mol. The third kappa shape index (κ3) is 2.89. The SMILES string of the molecule is CCn1ncnc1CC(NC)c1ccccc1I. The second-order valence-corrected chi connectivity index (χ2v) is 5.22. The molecule has 0 saturated carbocycles. The van der Waals surface area contributed by atoms with Crippen LogP contribution in [0.3, 0.4) is 0 Å². The fourth-order valence-electron chi connectivity index (χ4n) is 2.02. The highest BCUT2D eigenvalue weighted by Crippen LogP contribution is 2.22. The zero-order valence-electron chi connectivity index (χ0n) is 10.6. The zero-order valence-corrected chi connectivity index (χ0v) is 12.8. The Morgan fingerprint density at radius 1 is 1.39 bits per heavy atom. The first-order chi connectivity index (χ1) is 8.76. The van der Waals surface area contributed by atoms with Crippen molar-refractivity contribution in [2.24, 2.45) is 0 Å². The molecule has 1 aromatic heterocycles. The van der Waals surface area contributed by atoms with Gasteiger partial charge in [-0.1, -0.05) is 18.2 Å². The van der Waals surface area contributed by atoms with Gasteiger partial charge in [-0.25, -0.2) is 4.98 Å². The van der Waals surface area contributed by atoms with Crippen LogP contribution in [0.5, 0.6) is 0 Å². The van der Waals surface area contributed by atoms with E-state index in [0.29, 0.717) is 0 Å². The van der Waals surface area contributed by atoms with Gasteiger partial charge in [0, 0.05) is 22.6 Å². The van der Waals surface area contributed by atoms with Crippen molar-refractivity contribution < 1.29 is 0 Å². The first-order valence-corrected chi connectivity index (χ1v) is 7.12. The number of aromatic nitrogens is 3. The number of benzene rings is 1. The lowest BCUT2D eigenvalue weighted by molar-refractivity contribution is 0.532. The molecule has 1 N–H and O–H groups in total. The maximum atomic E-state index is 4.34. The quantitative estimate of drug-likeness (QED) is 0.837. The highest BCUT2D eigenvalue weighted by atomic mass is 127. The minimum absolute atomic E-state index is 0.271. The smallest absolute Gasteiger partial charge is 0.138 e. The molecular formula is C13H17IN4. The predicted octanol–water partition coefficient (Wildman–Crippen LogP) is 2.41. The molecule has 0 saturated heterocycles. The van der Waals surface area contributed by atoms with Crippen molar-refractivity contribution in [3.63, 3.8) is 0 Å². The van der Waals surface area contributed by atoms with Crippen LogP contribution in [0.1, 0.15) is 24.4 Å². The van der Waals surface area contributed by atoms with Gasteiger partial charge in [-0.15, -0.1) is 0 Å². The summed E-state index contributed by atoms with van der Waals surface area (Å²) in [6.07, 6.45) is 2.48. The van der Waals surface area contributed by atoms with Gasteiger partial charge in [0.05, 0.1) is 0 Å². The van der Waals surface area contributed by atoms with Gasteiger partial charge in [-0.2, -0.15) is 5.10 Å². The monoisotopic (exact) mass is 356 g/mol. The van der Waals surface area contributed by atoms with Crippen LogP contribution in [0.25, 0.3) is 0 Å². The minimum Gasteiger partial charge on any atom is -0.313 e. The molecular weight excluding hydrogens is 339 g/mol. The van der Waals surface area contributed by atoms with E-state index in [1.807, 2.05) is 11.7 Å². The fraction of sp³-hybridized carbons (Fsp3) is 0.385. The second-order valence-electron chi connectivity index (χ2n) is 4.06. The Morgan fingerprint density at radius 2 is 2.17 bits per heavy atom. The maximum absolute atomic E-state index is 4.34. The topological polar surface area (TPSA) is 42.7 Å². The molecule has 0 aliphatic rings. The van der Waals surface area contributed by atoms with Crippen molar-refractivity contribution in [1.29, 1.82) is 0 Å². The molecule has 1 aromatic carbocycles. The first kappa shape index (κ1) is 13.5. The van der Waals surface area contributed by atoms with Crippen LogP contribution in [-0.4, -0.2) is 21.8 Å². The van der Waals surface area contributed by atoms with Crippen molar-refractivity contribution in [2.45, 2.75) is 25.9 Å². The summed E-state index contributed by atoms with van der Waals surface area (Å²) in [7, 11) is 1.99. The van der Waals surface area contributed by atoms with Crippen molar-refractivity contribution in [3.05, 3.63) is 45.6 Å². The number of aryl methyl sites for hydroxylation is 1. The lowest BCUT2D eigenvalue weighted by atomic mass is 10.0. The van der Waals surface area contributed by atoms with Crippen molar-refractivity contribution in [2.75, 3.05) is 7.05 Å². The standard InChI is InChI=1S/C13H17IN4/c1-3-18-13(16-9-17-18)8-12(15-2)10-6-4-5-7-11(10)14/h4-7,9,12,15H,3,8H2,1-2H3. The largest absolute Gasteiger partial charge is 0.313 e. The van der Waals surface area contributed by atoms with E-state index in [0.717, 1.165) is 18.8 Å². The molecule has 4 nitrogen and oxygen atoms in total. The number of nitrogens with one attached hydrogen (secondary N) is 1. The summed E-state index contributed by atoms with van der Waals surface area (Å²) in [5.41, 5.74) is 1.31. The van der Waals surface area contributed by atoms with E-state index in [2.05, 4.69) is 69.2 Å². The molecule has 0 aliphatic heterocycles. The second kappa shape index (κ2) is 6.29. The van der Waals surface area contributed by atoms with Gasteiger partial charge in [-0.05, 0) is 48.2 Å². The molecule has 1 atom stereocenters. The van der Waals surface area contributed by atoms with Crippen LogP contribution in [-0.2, 0) is 13.0 Å². The third-order valence-corrected chi connectivity index (χ3v) is 3.99. The average Bonchev–Trinajstić information content (AvgIpc) is 2.84. The molecule has 0 bridgehead atoms. The van der Waals surface area contributed by atoms with Crippen LogP contribution in [0.2, 0.25) is 0 Å². The van der Waals surface area contributed by atoms with Gasteiger partial charge >= 0.3 is 0 Å². The van der Waals surface area contributed by atoms with Crippen LogP contribution >= 0.6 is 22.6 Å². The number of hydrogen-bond acceptors (Lipinski definition) is 3. The Morgan fingerprint density at radius 3 is 2.83 bits per heavy atom. The molecule has 1 unspecified atom stereocenters. The molecule has 0 aliphatic carbocycles. The van der Waals surface area contributed by atoms with Gasteiger partial charge in [-0.3, -0.25) is 4.68 Å². The van der Waals surface area contributed by atoms with Gasteiger partial charge < -0.3 is 5.32 Å². The summed E-state index contributed by atoms with van der Waals surface area (Å²) in [6, 6.07) is 8.70. The Balaban J connectivity index is 2.23. The average molecular weight is 356 g/mol. The summed E-state index contributed by atoms with van der Waals surface area (Å²) >= 11 is 2.38. The maximum Gasteiger partial charge on any atom is 0.138 e. The van der Waals surface area contributed by atoms with Gasteiger partial charge in [0.1, 0.15) is 12.2 Å². The van der Waals surface area contributed by atoms with E-state index >= 15 is 0 Å². The molecule has 0 spiro atoms. The molecule has 0 fully saturated rings. The molecule has 96 valence electrons. The summed E-state index contributed by atoms with van der Waals surface area (Å²) < 4.78 is 3.22. The van der Waals surface area contributed by atoms with Gasteiger partial charge in [0.15, 0.2) is 0 Å². The highest BCUT2D eigenvalue weighted by molar-refractivity contribution is 14.1. The van der Waals surface area contributed by atoms with Gasteiger partial charge in [0.2, 0.25) is 0 Å². The van der Waals surface area contributed by atoms with Crippen LogP contribution in [0.4, 0.5) is 0 Å². The molecule has 1 heterocycles. The van der Waals surface area contributed by atoms with Crippen LogP contribution in [0.15, 0.2) is 30.6 Å². The van der Waals surface area contributed by atoms with E-state index < -0.39 is 0 Å². The van der Waals surface area contributed by atoms with E-state index in [-0.39, 0.29) is 6.04 Å². The molecule has 0 radical (unpaired) electrons. The molecule has 2 aromatic rings. The Bertz CT molecular complexity index is 509. The molecule has 0 amide bonds. The number of likely N-dealkylation sites (N-methyl/N-ethyl adjacent to an activating group) is 1. The van der Waals surface area contributed by atoms with Crippen molar-refractivity contribution in [1.82, 2.24) is 20.1 Å². The van der Waals surface area contributed by atoms with Crippen LogP contribution in [0, 0.1) is 3.57 Å². The first-order valence-electron chi connectivity index (χ1n) is 6.04. The van der Waals surface area contributed by atoms with Crippen LogP contribution < -0.4 is 5.32 Å². The summed E-state index contributed by atoms with van der Waals surface area (Å²) in [4.78, 5) is 4.34. The number of rotatable bonds is 5. The fourth-order valence-corrected chi connectivity index (χ4v) is 2.78. The Labute approximate surface area is 121 Å². The summed E-state index contributed by atoms with van der Waals surface area (Å²) in [5, 5.41) is 7.58. The van der Waals surface area contributed by atoms with E-state index in [4.69, 9.17) is 0 Å². The lowest BCUT2D eigenvalue weighted by Crippen LogP contribution is -2.22. The normalized spacial score (nSPS) is 12.6. The Kier molecular flexibility index (Phi) is 4.71. The summed E-state index contributed by atoms with van der Waals surface area (Å²) in [6.45, 7) is 2.94. The van der Waals surface area contributed by atoms with Crippen molar-refractivity contribution in [3.8, 4) is 0 Å². The number of nitrogens with zero attached hydrogens (tertiary/aromatic N) is 3. The Hall–Kier alpha value is -0.950. The van der Waals surface area contributed by atoms with E-state index in [1.54, 1.807) is 6.33 Å². The van der Waals surface area contributed by atoms with Gasteiger partial charge in [0.25, 0.3) is 0 Å². The molecule has 2 rings (SSSR count).